The van der Waals surface area contributed by atoms with E-state index in [2.05, 4.69) is 18.4 Å². The van der Waals surface area contributed by atoms with Gasteiger partial charge in [0.05, 0.1) is 19.8 Å². The Labute approximate surface area is 159 Å². The highest BCUT2D eigenvalue weighted by Crippen LogP contribution is 2.35. The summed E-state index contributed by atoms with van der Waals surface area (Å²) in [5.41, 5.74) is 2.23. The zero-order chi connectivity index (χ0) is 18.5. The molecule has 5 heteroatoms. The molecule has 0 saturated heterocycles. The van der Waals surface area contributed by atoms with Crippen molar-refractivity contribution in [3.63, 3.8) is 0 Å². The maximum atomic E-state index is 12.8. The lowest BCUT2D eigenvalue weighted by Gasteiger charge is -2.34. The molecule has 0 saturated carbocycles. The van der Waals surface area contributed by atoms with E-state index >= 15 is 0 Å². The fourth-order valence-corrected chi connectivity index (χ4v) is 4.35. The van der Waals surface area contributed by atoms with Crippen LogP contribution < -0.4 is 9.47 Å². The molecule has 1 aliphatic rings. The van der Waals surface area contributed by atoms with E-state index in [0.717, 1.165) is 24.9 Å². The maximum absolute atomic E-state index is 12.8. The molecule has 0 fully saturated rings. The molecule has 26 heavy (non-hydrogen) atoms. The van der Waals surface area contributed by atoms with Gasteiger partial charge in [-0.25, -0.2) is 0 Å². The van der Waals surface area contributed by atoms with Crippen LogP contribution in [0, 0.1) is 0 Å². The smallest absolute Gasteiger partial charge is 0.247 e. The molecule has 1 aromatic heterocycles. The van der Waals surface area contributed by atoms with Gasteiger partial charge >= 0.3 is 0 Å². The number of rotatable bonds is 6. The van der Waals surface area contributed by atoms with E-state index < -0.39 is 0 Å². The van der Waals surface area contributed by atoms with Crippen molar-refractivity contribution in [3.8, 4) is 11.5 Å². The van der Waals surface area contributed by atoms with Crippen LogP contribution in [-0.2, 0) is 11.2 Å². The summed E-state index contributed by atoms with van der Waals surface area (Å²) in [6.45, 7) is 5.44. The summed E-state index contributed by atoms with van der Waals surface area (Å²) in [6.07, 6.45) is 5.38. The van der Waals surface area contributed by atoms with Crippen molar-refractivity contribution < 1.29 is 14.3 Å². The third kappa shape index (κ3) is 3.78. The highest BCUT2D eigenvalue weighted by Gasteiger charge is 2.29. The first-order valence-corrected chi connectivity index (χ1v) is 9.91. The van der Waals surface area contributed by atoms with E-state index in [9.17, 15) is 4.79 Å². The van der Waals surface area contributed by atoms with Crippen LogP contribution >= 0.6 is 11.3 Å². The second kappa shape index (κ2) is 8.41. The predicted octanol–water partition coefficient (Wildman–Crippen LogP) is 4.70. The van der Waals surface area contributed by atoms with Gasteiger partial charge in [0.1, 0.15) is 0 Å². The van der Waals surface area contributed by atoms with E-state index in [0.29, 0.717) is 18.1 Å². The highest BCUT2D eigenvalue weighted by atomic mass is 32.1. The third-order valence-corrected chi connectivity index (χ3v) is 5.67. The Balaban J connectivity index is 1.75. The molecule has 2 aromatic rings. The molecule has 0 spiro atoms. The third-order valence-electron chi connectivity index (χ3n) is 4.67. The van der Waals surface area contributed by atoms with E-state index in [1.165, 1.54) is 10.4 Å². The number of benzene rings is 1. The lowest BCUT2D eigenvalue weighted by Crippen LogP contribution is -2.38. The number of ether oxygens (including phenoxy) is 2. The fraction of sp³-hybridized carbons (Fsp3) is 0.381. The highest BCUT2D eigenvalue weighted by molar-refractivity contribution is 7.10. The monoisotopic (exact) mass is 371 g/mol. The second-order valence-corrected chi connectivity index (χ2v) is 7.18. The Morgan fingerprint density at radius 1 is 1.31 bits per heavy atom. The van der Waals surface area contributed by atoms with Crippen molar-refractivity contribution in [1.82, 2.24) is 4.90 Å². The molecule has 1 aliphatic heterocycles. The van der Waals surface area contributed by atoms with Crippen molar-refractivity contribution in [2.75, 3.05) is 20.3 Å². The van der Waals surface area contributed by atoms with Crippen molar-refractivity contribution >= 4 is 23.3 Å². The van der Waals surface area contributed by atoms with Crippen LogP contribution in [0.3, 0.4) is 0 Å². The van der Waals surface area contributed by atoms with Gasteiger partial charge in [0, 0.05) is 17.5 Å². The summed E-state index contributed by atoms with van der Waals surface area (Å²) < 4.78 is 10.9. The molecule has 1 unspecified atom stereocenters. The van der Waals surface area contributed by atoms with Crippen molar-refractivity contribution in [2.24, 2.45) is 0 Å². The molecular weight excluding hydrogens is 346 g/mol. The molecule has 0 aliphatic carbocycles. The van der Waals surface area contributed by atoms with Gasteiger partial charge in [-0.2, -0.15) is 0 Å². The number of carbonyl (C=O) groups excluding carboxylic acids is 1. The molecule has 1 atom stereocenters. The van der Waals surface area contributed by atoms with Crippen LogP contribution in [0.15, 0.2) is 35.7 Å². The average molecular weight is 372 g/mol. The van der Waals surface area contributed by atoms with Crippen LogP contribution in [0.2, 0.25) is 0 Å². The first kappa shape index (κ1) is 18.5. The molecule has 4 nitrogen and oxygen atoms in total. The largest absolute Gasteiger partial charge is 0.493 e. The Bertz CT molecular complexity index is 796. The zero-order valence-corrected chi connectivity index (χ0v) is 16.3. The minimum Gasteiger partial charge on any atom is -0.493 e. The summed E-state index contributed by atoms with van der Waals surface area (Å²) in [5, 5.41) is 2.13. The standard InChI is InChI=1S/C21H25NO3S/c1-4-17-16-11-13-26-20(16)10-12-22(17)21(23)9-7-15-6-8-18(25-5-2)19(14-15)24-3/h6-9,11,13-14,17H,4-5,10,12H2,1-3H3. The summed E-state index contributed by atoms with van der Waals surface area (Å²) in [5.74, 6) is 1.45. The Hall–Kier alpha value is -2.27. The Morgan fingerprint density at radius 3 is 2.88 bits per heavy atom. The Kier molecular flexibility index (Phi) is 5.99. The Morgan fingerprint density at radius 2 is 2.15 bits per heavy atom. The molecular formula is C21H25NO3S. The first-order chi connectivity index (χ1) is 12.7. The van der Waals surface area contributed by atoms with Crippen LogP contribution in [0.5, 0.6) is 11.5 Å². The van der Waals surface area contributed by atoms with Crippen molar-refractivity contribution in [3.05, 3.63) is 51.7 Å². The molecule has 3 rings (SSSR count). The number of hydrogen-bond acceptors (Lipinski definition) is 4. The van der Waals surface area contributed by atoms with Crippen molar-refractivity contribution in [2.45, 2.75) is 32.7 Å². The van der Waals surface area contributed by atoms with Crippen molar-refractivity contribution in [1.29, 1.82) is 0 Å². The van der Waals surface area contributed by atoms with E-state index in [-0.39, 0.29) is 11.9 Å². The van der Waals surface area contributed by atoms with Crippen LogP contribution in [-0.4, -0.2) is 31.1 Å². The minimum absolute atomic E-state index is 0.0570. The van der Waals surface area contributed by atoms with E-state index in [1.807, 2.05) is 36.1 Å². The molecule has 138 valence electrons. The second-order valence-electron chi connectivity index (χ2n) is 6.18. The normalized spacial score (nSPS) is 16.6. The van der Waals surface area contributed by atoms with Gasteiger partial charge in [-0.3, -0.25) is 4.79 Å². The number of thiophene rings is 1. The van der Waals surface area contributed by atoms with Gasteiger partial charge in [-0.15, -0.1) is 11.3 Å². The predicted molar refractivity (Wildman–Crippen MR) is 106 cm³/mol. The van der Waals surface area contributed by atoms with Crippen LogP contribution in [0.1, 0.15) is 42.3 Å². The fourth-order valence-electron chi connectivity index (χ4n) is 3.43. The topological polar surface area (TPSA) is 38.8 Å². The number of methoxy groups -OCH3 is 1. The zero-order valence-electron chi connectivity index (χ0n) is 15.5. The lowest BCUT2D eigenvalue weighted by molar-refractivity contribution is -0.128. The number of hydrogen-bond donors (Lipinski definition) is 0. The molecule has 1 amide bonds. The van der Waals surface area contributed by atoms with Crippen LogP contribution in [0.25, 0.3) is 6.08 Å². The maximum Gasteiger partial charge on any atom is 0.247 e. The van der Waals surface area contributed by atoms with Gasteiger partial charge in [-0.1, -0.05) is 13.0 Å². The lowest BCUT2D eigenvalue weighted by atomic mass is 9.97. The molecule has 0 radical (unpaired) electrons. The SMILES string of the molecule is CCOc1ccc(C=CC(=O)N2CCc3sccc3C2CC)cc1OC. The molecule has 1 aromatic carbocycles. The quantitative estimate of drug-likeness (QED) is 0.691. The first-order valence-electron chi connectivity index (χ1n) is 9.03. The van der Waals surface area contributed by atoms with Gasteiger partial charge in [0.25, 0.3) is 0 Å². The van der Waals surface area contributed by atoms with E-state index in [1.54, 1.807) is 24.5 Å². The molecule has 2 heterocycles. The van der Waals surface area contributed by atoms with Gasteiger partial charge in [-0.05, 0) is 60.5 Å². The van der Waals surface area contributed by atoms with Crippen LogP contribution in [0.4, 0.5) is 0 Å². The van der Waals surface area contributed by atoms with E-state index in [4.69, 9.17) is 9.47 Å². The number of carbonyl (C=O) groups is 1. The average Bonchev–Trinajstić information content (AvgIpc) is 3.15. The number of nitrogens with zero attached hydrogens (tertiary/aromatic N) is 1. The summed E-state index contributed by atoms with van der Waals surface area (Å²) in [4.78, 5) is 16.2. The van der Waals surface area contributed by atoms with Gasteiger partial charge in [0.15, 0.2) is 11.5 Å². The van der Waals surface area contributed by atoms with Gasteiger partial charge < -0.3 is 14.4 Å². The summed E-state index contributed by atoms with van der Waals surface area (Å²) in [6, 6.07) is 8.03. The molecule has 0 bridgehead atoms. The number of fused-ring (bicyclic) bond motifs is 1. The summed E-state index contributed by atoms with van der Waals surface area (Å²) in [7, 11) is 1.62. The molecule has 0 N–H and O–H groups in total. The van der Waals surface area contributed by atoms with Gasteiger partial charge in [0.2, 0.25) is 5.91 Å². The minimum atomic E-state index is 0.0570. The summed E-state index contributed by atoms with van der Waals surface area (Å²) >= 11 is 1.80. The number of amides is 1.